The van der Waals surface area contributed by atoms with Gasteiger partial charge in [0.05, 0.1) is 6.42 Å². The molecule has 0 fully saturated rings. The third-order valence-electron chi connectivity index (χ3n) is 3.47. The van der Waals surface area contributed by atoms with Crippen molar-refractivity contribution in [3.05, 3.63) is 71.4 Å². The number of carbonyl (C=O) groups excluding carboxylic acids is 1. The molecule has 0 saturated heterocycles. The zero-order valence-electron chi connectivity index (χ0n) is 13.0. The molecule has 1 aromatic heterocycles. The van der Waals surface area contributed by atoms with E-state index in [4.69, 9.17) is 9.26 Å². The van der Waals surface area contributed by atoms with Crippen molar-refractivity contribution in [3.8, 4) is 11.4 Å². The number of benzene rings is 2. The van der Waals surface area contributed by atoms with Gasteiger partial charge in [0, 0.05) is 5.56 Å². The molecule has 6 heteroatoms. The summed E-state index contributed by atoms with van der Waals surface area (Å²) in [5, 5.41) is 3.90. The minimum atomic E-state index is -0.447. The summed E-state index contributed by atoms with van der Waals surface area (Å²) in [5.41, 5.74) is 2.57. The first kappa shape index (κ1) is 15.9. The minimum absolute atomic E-state index is 0.0546. The summed E-state index contributed by atoms with van der Waals surface area (Å²) in [4.78, 5) is 16.0. The van der Waals surface area contributed by atoms with Crippen molar-refractivity contribution in [3.63, 3.8) is 0 Å². The summed E-state index contributed by atoms with van der Waals surface area (Å²) < 4.78 is 23.0. The van der Waals surface area contributed by atoms with Gasteiger partial charge in [0.25, 0.3) is 5.89 Å². The average Bonchev–Trinajstić information content (AvgIpc) is 3.04. The van der Waals surface area contributed by atoms with E-state index in [0.717, 1.165) is 11.1 Å². The van der Waals surface area contributed by atoms with Gasteiger partial charge in [0.15, 0.2) is 6.61 Å². The van der Waals surface area contributed by atoms with Gasteiger partial charge in [-0.3, -0.25) is 4.79 Å². The van der Waals surface area contributed by atoms with Gasteiger partial charge in [-0.25, -0.2) is 4.39 Å². The second kappa shape index (κ2) is 7.04. The van der Waals surface area contributed by atoms with Crippen LogP contribution in [0.4, 0.5) is 4.39 Å². The Bertz CT molecular complexity index is 843. The first-order valence-electron chi connectivity index (χ1n) is 7.40. The van der Waals surface area contributed by atoms with Gasteiger partial charge in [-0.1, -0.05) is 41.6 Å². The summed E-state index contributed by atoms with van der Waals surface area (Å²) in [5.74, 6) is -0.114. The van der Waals surface area contributed by atoms with Crippen LogP contribution in [0.3, 0.4) is 0 Å². The molecule has 0 N–H and O–H groups in total. The van der Waals surface area contributed by atoms with Gasteiger partial charge in [-0.15, -0.1) is 0 Å². The van der Waals surface area contributed by atoms with Crippen LogP contribution in [-0.2, 0) is 22.6 Å². The molecule has 122 valence electrons. The van der Waals surface area contributed by atoms with Crippen molar-refractivity contribution in [2.75, 3.05) is 0 Å². The molecule has 0 aliphatic heterocycles. The number of aromatic nitrogens is 2. The summed E-state index contributed by atoms with van der Waals surface area (Å²) in [6.07, 6.45) is 0.0546. The third-order valence-corrected chi connectivity index (χ3v) is 3.47. The summed E-state index contributed by atoms with van der Waals surface area (Å²) >= 11 is 0. The first-order valence-corrected chi connectivity index (χ1v) is 7.40. The lowest BCUT2D eigenvalue weighted by molar-refractivity contribution is -0.144. The highest BCUT2D eigenvalue weighted by molar-refractivity contribution is 5.72. The van der Waals surface area contributed by atoms with Crippen molar-refractivity contribution in [1.82, 2.24) is 10.1 Å². The first-order chi connectivity index (χ1) is 11.6. The number of aryl methyl sites for hydroxylation is 1. The molecule has 0 atom stereocenters. The Balaban J connectivity index is 1.58. The quantitative estimate of drug-likeness (QED) is 0.672. The molecule has 0 spiro atoms. The van der Waals surface area contributed by atoms with E-state index in [1.54, 1.807) is 12.1 Å². The molecule has 3 aromatic rings. The molecular formula is C18H15FN2O3. The maximum atomic E-state index is 12.8. The van der Waals surface area contributed by atoms with Gasteiger partial charge >= 0.3 is 5.97 Å². The molecule has 0 unspecified atom stereocenters. The van der Waals surface area contributed by atoms with Gasteiger partial charge in [-0.2, -0.15) is 4.98 Å². The van der Waals surface area contributed by atoms with E-state index in [2.05, 4.69) is 10.1 Å². The molecule has 5 nitrogen and oxygen atoms in total. The van der Waals surface area contributed by atoms with Crippen LogP contribution >= 0.6 is 0 Å². The van der Waals surface area contributed by atoms with Crippen LogP contribution in [0.5, 0.6) is 0 Å². The van der Waals surface area contributed by atoms with Crippen molar-refractivity contribution in [2.24, 2.45) is 0 Å². The van der Waals surface area contributed by atoms with E-state index in [-0.39, 0.29) is 24.7 Å². The number of carbonyl (C=O) groups is 1. The fraction of sp³-hybridized carbons (Fsp3) is 0.167. The topological polar surface area (TPSA) is 65.2 Å². The normalized spacial score (nSPS) is 10.6. The van der Waals surface area contributed by atoms with Crippen LogP contribution in [0.15, 0.2) is 53.1 Å². The lowest BCUT2D eigenvalue weighted by atomic mass is 10.1. The van der Waals surface area contributed by atoms with Crippen molar-refractivity contribution in [1.29, 1.82) is 0 Å². The van der Waals surface area contributed by atoms with E-state index in [9.17, 15) is 9.18 Å². The highest BCUT2D eigenvalue weighted by Gasteiger charge is 2.12. The summed E-state index contributed by atoms with van der Waals surface area (Å²) in [6, 6.07) is 13.3. The molecule has 0 aliphatic rings. The predicted octanol–water partition coefficient (Wildman–Crippen LogP) is 3.47. The van der Waals surface area contributed by atoms with Crippen LogP contribution in [-0.4, -0.2) is 16.1 Å². The Kier molecular flexibility index (Phi) is 4.65. The average molecular weight is 326 g/mol. The molecule has 1 heterocycles. The number of nitrogens with zero attached hydrogens (tertiary/aromatic N) is 2. The lowest BCUT2D eigenvalue weighted by Gasteiger charge is -2.02. The summed E-state index contributed by atoms with van der Waals surface area (Å²) in [6.45, 7) is 1.85. The van der Waals surface area contributed by atoms with E-state index in [1.165, 1.54) is 12.1 Å². The van der Waals surface area contributed by atoms with Crippen LogP contribution < -0.4 is 0 Å². The Hall–Kier alpha value is -3.02. The van der Waals surface area contributed by atoms with E-state index < -0.39 is 5.97 Å². The molecular weight excluding hydrogens is 311 g/mol. The van der Waals surface area contributed by atoms with Gasteiger partial charge in [0.2, 0.25) is 5.82 Å². The molecule has 2 aromatic carbocycles. The van der Waals surface area contributed by atoms with Gasteiger partial charge in [0.1, 0.15) is 5.82 Å². The number of hydrogen-bond acceptors (Lipinski definition) is 5. The number of hydrogen-bond donors (Lipinski definition) is 0. The fourth-order valence-electron chi connectivity index (χ4n) is 2.21. The van der Waals surface area contributed by atoms with E-state index in [0.29, 0.717) is 11.4 Å². The number of rotatable bonds is 5. The standard InChI is InChI=1S/C18H15FN2O3/c1-12-4-2-3-5-15(12)18-20-16(24-21-18)11-23-17(22)10-13-6-8-14(19)9-7-13/h2-9H,10-11H2,1H3. The third kappa shape index (κ3) is 3.84. The molecule has 0 amide bonds. The van der Waals surface area contributed by atoms with Crippen molar-refractivity contribution < 1.29 is 18.4 Å². The Morgan fingerprint density at radius 1 is 1.17 bits per heavy atom. The van der Waals surface area contributed by atoms with Crippen molar-refractivity contribution >= 4 is 5.97 Å². The monoisotopic (exact) mass is 326 g/mol. The zero-order valence-corrected chi connectivity index (χ0v) is 13.0. The van der Waals surface area contributed by atoms with Crippen LogP contribution in [0.25, 0.3) is 11.4 Å². The van der Waals surface area contributed by atoms with Crippen LogP contribution in [0.2, 0.25) is 0 Å². The van der Waals surface area contributed by atoms with Crippen molar-refractivity contribution in [2.45, 2.75) is 20.0 Å². The minimum Gasteiger partial charge on any atom is -0.455 e. The van der Waals surface area contributed by atoms with Crippen LogP contribution in [0.1, 0.15) is 17.0 Å². The smallest absolute Gasteiger partial charge is 0.310 e. The fourth-order valence-corrected chi connectivity index (χ4v) is 2.21. The van der Waals surface area contributed by atoms with E-state index in [1.807, 2.05) is 31.2 Å². The molecule has 24 heavy (non-hydrogen) atoms. The largest absolute Gasteiger partial charge is 0.455 e. The maximum Gasteiger partial charge on any atom is 0.310 e. The SMILES string of the molecule is Cc1ccccc1-c1noc(COC(=O)Cc2ccc(F)cc2)n1. The van der Waals surface area contributed by atoms with Gasteiger partial charge < -0.3 is 9.26 Å². The molecule has 3 rings (SSSR count). The molecule has 0 saturated carbocycles. The Morgan fingerprint density at radius 3 is 2.67 bits per heavy atom. The lowest BCUT2D eigenvalue weighted by Crippen LogP contribution is -2.08. The Morgan fingerprint density at radius 2 is 1.92 bits per heavy atom. The second-order valence-electron chi connectivity index (χ2n) is 5.29. The van der Waals surface area contributed by atoms with Crippen LogP contribution in [0, 0.1) is 12.7 Å². The van der Waals surface area contributed by atoms with Gasteiger partial charge in [-0.05, 0) is 30.2 Å². The highest BCUT2D eigenvalue weighted by atomic mass is 19.1. The van der Waals surface area contributed by atoms with E-state index >= 15 is 0 Å². The highest BCUT2D eigenvalue weighted by Crippen LogP contribution is 2.20. The number of esters is 1. The number of halogens is 1. The second-order valence-corrected chi connectivity index (χ2v) is 5.29. The molecule has 0 radical (unpaired) electrons. The predicted molar refractivity (Wildman–Crippen MR) is 84.4 cm³/mol. The summed E-state index contributed by atoms with van der Waals surface area (Å²) in [7, 11) is 0. The maximum absolute atomic E-state index is 12.8. The molecule has 0 aliphatic carbocycles. The number of ether oxygens (including phenoxy) is 1. The zero-order chi connectivity index (χ0) is 16.9. The molecule has 0 bridgehead atoms. The Labute approximate surface area is 138 Å².